The van der Waals surface area contributed by atoms with Gasteiger partial charge in [0.2, 0.25) is 0 Å². The predicted octanol–water partition coefficient (Wildman–Crippen LogP) is 3.80. The maximum atomic E-state index is 12.2. The largest absolute Gasteiger partial charge is 0.495 e. The quantitative estimate of drug-likeness (QED) is 0.782. The van der Waals surface area contributed by atoms with Crippen LogP contribution in [0.5, 0.6) is 5.75 Å². The lowest BCUT2D eigenvalue weighted by molar-refractivity contribution is 0.0994. The number of carbonyl (C=O) groups excluding carboxylic acids is 1. The van der Waals surface area contributed by atoms with E-state index in [4.69, 9.17) is 4.74 Å². The SMILES string of the molecule is COc1ccsc1C(=O)Cc1cc(C)cc(C)c1. The molecule has 1 aromatic carbocycles. The molecule has 0 atom stereocenters. The van der Waals surface area contributed by atoms with Gasteiger partial charge in [-0.3, -0.25) is 4.79 Å². The van der Waals surface area contributed by atoms with Crippen LogP contribution in [0.3, 0.4) is 0 Å². The van der Waals surface area contributed by atoms with Crippen LogP contribution < -0.4 is 4.74 Å². The summed E-state index contributed by atoms with van der Waals surface area (Å²) in [5.41, 5.74) is 3.44. The van der Waals surface area contributed by atoms with Crippen LogP contribution in [0.4, 0.5) is 0 Å². The van der Waals surface area contributed by atoms with Crippen molar-refractivity contribution in [2.24, 2.45) is 0 Å². The standard InChI is InChI=1S/C15H16O2S/c1-10-6-11(2)8-12(7-10)9-13(16)15-14(17-3)4-5-18-15/h4-8H,9H2,1-3H3. The summed E-state index contributed by atoms with van der Waals surface area (Å²) in [6, 6.07) is 8.06. The van der Waals surface area contributed by atoms with Gasteiger partial charge in [0.25, 0.3) is 0 Å². The Morgan fingerprint density at radius 2 is 1.89 bits per heavy atom. The van der Waals surface area contributed by atoms with Crippen LogP contribution in [-0.2, 0) is 6.42 Å². The summed E-state index contributed by atoms with van der Waals surface area (Å²) in [5.74, 6) is 0.793. The van der Waals surface area contributed by atoms with E-state index in [1.165, 1.54) is 22.5 Å². The molecule has 0 aliphatic carbocycles. The average molecular weight is 260 g/mol. The smallest absolute Gasteiger partial charge is 0.180 e. The minimum Gasteiger partial charge on any atom is -0.495 e. The van der Waals surface area contributed by atoms with Crippen LogP contribution in [0.1, 0.15) is 26.4 Å². The van der Waals surface area contributed by atoms with Crippen LogP contribution in [0.25, 0.3) is 0 Å². The molecule has 0 saturated carbocycles. The Balaban J connectivity index is 2.21. The highest BCUT2D eigenvalue weighted by Gasteiger charge is 2.14. The molecule has 0 saturated heterocycles. The number of hydrogen-bond acceptors (Lipinski definition) is 3. The molecule has 2 aromatic rings. The van der Waals surface area contributed by atoms with Gasteiger partial charge in [0.15, 0.2) is 5.78 Å². The molecule has 1 aromatic heterocycles. The third-order valence-electron chi connectivity index (χ3n) is 2.75. The maximum absolute atomic E-state index is 12.2. The van der Waals surface area contributed by atoms with Crippen molar-refractivity contribution >= 4 is 17.1 Å². The summed E-state index contributed by atoms with van der Waals surface area (Å²) < 4.78 is 5.18. The minimum atomic E-state index is 0.117. The number of thiophene rings is 1. The second-order valence-electron chi connectivity index (χ2n) is 4.41. The molecule has 0 aliphatic rings. The third kappa shape index (κ3) is 2.79. The van der Waals surface area contributed by atoms with E-state index in [1.54, 1.807) is 7.11 Å². The molecule has 2 nitrogen and oxygen atoms in total. The number of rotatable bonds is 4. The lowest BCUT2D eigenvalue weighted by atomic mass is 10.0. The molecular weight excluding hydrogens is 244 g/mol. The molecular formula is C15H16O2S. The summed E-state index contributed by atoms with van der Waals surface area (Å²) in [7, 11) is 1.59. The van der Waals surface area contributed by atoms with Gasteiger partial charge in [-0.1, -0.05) is 29.3 Å². The van der Waals surface area contributed by atoms with Crippen LogP contribution in [0.15, 0.2) is 29.6 Å². The number of ketones is 1. The predicted molar refractivity (Wildman–Crippen MR) is 74.8 cm³/mol. The van der Waals surface area contributed by atoms with E-state index in [2.05, 4.69) is 18.2 Å². The molecule has 0 radical (unpaired) electrons. The van der Waals surface area contributed by atoms with E-state index >= 15 is 0 Å². The van der Waals surface area contributed by atoms with Gasteiger partial charge in [0, 0.05) is 6.42 Å². The summed E-state index contributed by atoms with van der Waals surface area (Å²) >= 11 is 1.44. The van der Waals surface area contributed by atoms with Gasteiger partial charge in [0.1, 0.15) is 10.6 Å². The van der Waals surface area contributed by atoms with E-state index in [-0.39, 0.29) is 5.78 Å². The fourth-order valence-corrected chi connectivity index (χ4v) is 2.90. The van der Waals surface area contributed by atoms with Gasteiger partial charge in [-0.25, -0.2) is 0 Å². The molecule has 1 heterocycles. The number of aryl methyl sites for hydroxylation is 2. The second kappa shape index (κ2) is 5.36. The van der Waals surface area contributed by atoms with Crippen molar-refractivity contribution in [1.29, 1.82) is 0 Å². The van der Waals surface area contributed by atoms with Crippen molar-refractivity contribution in [3.05, 3.63) is 51.2 Å². The normalized spacial score (nSPS) is 10.4. The molecule has 18 heavy (non-hydrogen) atoms. The van der Waals surface area contributed by atoms with E-state index in [0.29, 0.717) is 17.0 Å². The highest BCUT2D eigenvalue weighted by atomic mass is 32.1. The van der Waals surface area contributed by atoms with Crippen molar-refractivity contribution in [3.63, 3.8) is 0 Å². The fourth-order valence-electron chi connectivity index (χ4n) is 2.10. The Morgan fingerprint density at radius 3 is 2.50 bits per heavy atom. The van der Waals surface area contributed by atoms with Gasteiger partial charge in [-0.2, -0.15) is 0 Å². The number of Topliss-reactive ketones (excluding diaryl/α,β-unsaturated/α-hetero) is 1. The monoisotopic (exact) mass is 260 g/mol. The van der Waals surface area contributed by atoms with E-state index in [0.717, 1.165) is 5.56 Å². The van der Waals surface area contributed by atoms with E-state index in [9.17, 15) is 4.79 Å². The number of benzene rings is 1. The maximum Gasteiger partial charge on any atom is 0.180 e. The van der Waals surface area contributed by atoms with Gasteiger partial charge in [-0.05, 0) is 30.9 Å². The topological polar surface area (TPSA) is 26.3 Å². The molecule has 2 rings (SSSR count). The number of hydrogen-bond donors (Lipinski definition) is 0. The van der Waals surface area contributed by atoms with Gasteiger partial charge in [-0.15, -0.1) is 11.3 Å². The van der Waals surface area contributed by atoms with Gasteiger partial charge >= 0.3 is 0 Å². The number of methoxy groups -OCH3 is 1. The Kier molecular flexibility index (Phi) is 3.82. The van der Waals surface area contributed by atoms with E-state index < -0.39 is 0 Å². The molecule has 0 bridgehead atoms. The van der Waals surface area contributed by atoms with Crippen LogP contribution in [0, 0.1) is 13.8 Å². The first kappa shape index (κ1) is 12.8. The highest BCUT2D eigenvalue weighted by molar-refractivity contribution is 7.12. The highest BCUT2D eigenvalue weighted by Crippen LogP contribution is 2.26. The Hall–Kier alpha value is -1.61. The number of ether oxygens (including phenoxy) is 1. The van der Waals surface area contributed by atoms with Crippen LogP contribution in [-0.4, -0.2) is 12.9 Å². The zero-order valence-electron chi connectivity index (χ0n) is 10.8. The second-order valence-corrected chi connectivity index (χ2v) is 5.33. The van der Waals surface area contributed by atoms with Gasteiger partial charge < -0.3 is 4.74 Å². The summed E-state index contributed by atoms with van der Waals surface area (Å²) in [4.78, 5) is 12.9. The first-order chi connectivity index (χ1) is 8.60. The molecule has 0 unspecified atom stereocenters. The van der Waals surface area contributed by atoms with Crippen LogP contribution in [0.2, 0.25) is 0 Å². The van der Waals surface area contributed by atoms with Crippen molar-refractivity contribution in [2.75, 3.05) is 7.11 Å². The molecule has 3 heteroatoms. The van der Waals surface area contributed by atoms with Crippen molar-refractivity contribution in [1.82, 2.24) is 0 Å². The van der Waals surface area contributed by atoms with E-state index in [1.807, 2.05) is 25.3 Å². The zero-order valence-corrected chi connectivity index (χ0v) is 11.6. The van der Waals surface area contributed by atoms with Crippen molar-refractivity contribution in [2.45, 2.75) is 20.3 Å². The first-order valence-electron chi connectivity index (χ1n) is 5.82. The lowest BCUT2D eigenvalue weighted by Crippen LogP contribution is -2.03. The Labute approximate surface area is 111 Å². The molecule has 0 aliphatic heterocycles. The summed E-state index contributed by atoms with van der Waals surface area (Å²) in [5, 5.41) is 1.88. The fraction of sp³-hybridized carbons (Fsp3) is 0.267. The molecule has 94 valence electrons. The number of carbonyl (C=O) groups is 1. The average Bonchev–Trinajstić information content (AvgIpc) is 2.75. The molecule has 0 N–H and O–H groups in total. The summed E-state index contributed by atoms with van der Waals surface area (Å²) in [6.07, 6.45) is 0.430. The first-order valence-corrected chi connectivity index (χ1v) is 6.70. The van der Waals surface area contributed by atoms with Crippen molar-refractivity contribution < 1.29 is 9.53 Å². The lowest BCUT2D eigenvalue weighted by Gasteiger charge is -2.05. The molecule has 0 spiro atoms. The van der Waals surface area contributed by atoms with Gasteiger partial charge in [0.05, 0.1) is 7.11 Å². The third-order valence-corrected chi connectivity index (χ3v) is 3.69. The Bertz CT molecular complexity index is 549. The van der Waals surface area contributed by atoms with Crippen molar-refractivity contribution in [3.8, 4) is 5.75 Å². The molecule has 0 fully saturated rings. The zero-order chi connectivity index (χ0) is 13.1. The molecule has 0 amide bonds. The Morgan fingerprint density at radius 1 is 1.22 bits per heavy atom. The minimum absolute atomic E-state index is 0.117. The van der Waals surface area contributed by atoms with Crippen LogP contribution >= 0.6 is 11.3 Å². The summed E-state index contributed by atoms with van der Waals surface area (Å²) in [6.45, 7) is 4.10.